The molecule has 2 unspecified atom stereocenters. The Balaban J connectivity index is 2.20. The fourth-order valence-electron chi connectivity index (χ4n) is 3.20. The van der Waals surface area contributed by atoms with E-state index in [4.69, 9.17) is 17.3 Å². The smallest absolute Gasteiger partial charge is 0.0473 e. The van der Waals surface area contributed by atoms with Crippen molar-refractivity contribution in [3.8, 4) is 0 Å². The first kappa shape index (κ1) is 14.8. The molecule has 1 aromatic rings. The maximum atomic E-state index is 6.07. The number of nitrogens with zero attached hydrogens (tertiary/aromatic N) is 1. The Labute approximate surface area is 121 Å². The van der Waals surface area contributed by atoms with Gasteiger partial charge < -0.3 is 5.73 Å². The van der Waals surface area contributed by atoms with Crippen molar-refractivity contribution in [3.63, 3.8) is 0 Å². The molecule has 2 rings (SSSR count). The number of halogens is 1. The Morgan fingerprint density at radius 1 is 1.26 bits per heavy atom. The van der Waals surface area contributed by atoms with Crippen LogP contribution < -0.4 is 5.73 Å². The molecule has 19 heavy (non-hydrogen) atoms. The molecule has 0 aliphatic carbocycles. The van der Waals surface area contributed by atoms with Gasteiger partial charge >= 0.3 is 0 Å². The Hall–Kier alpha value is -0.570. The van der Waals surface area contributed by atoms with Crippen LogP contribution in [-0.4, -0.2) is 24.0 Å². The topological polar surface area (TPSA) is 29.3 Å². The highest BCUT2D eigenvalue weighted by Gasteiger charge is 2.26. The van der Waals surface area contributed by atoms with E-state index in [1.165, 1.54) is 44.2 Å². The summed E-state index contributed by atoms with van der Waals surface area (Å²) in [6.45, 7) is 4.14. The summed E-state index contributed by atoms with van der Waals surface area (Å²) in [6.07, 6.45) is 6.52. The molecule has 2 atom stereocenters. The summed E-state index contributed by atoms with van der Waals surface area (Å²) in [5.74, 6) is 0. The zero-order valence-corrected chi connectivity index (χ0v) is 12.6. The third kappa shape index (κ3) is 3.71. The van der Waals surface area contributed by atoms with Crippen LogP contribution in [0.4, 0.5) is 0 Å². The van der Waals surface area contributed by atoms with Crippen LogP contribution in [0.3, 0.4) is 0 Å². The summed E-state index contributed by atoms with van der Waals surface area (Å²) >= 11 is 5.98. The molecule has 0 bridgehead atoms. The fraction of sp³-hybridized carbons (Fsp3) is 0.625. The van der Waals surface area contributed by atoms with Crippen LogP contribution in [-0.2, 0) is 0 Å². The molecule has 1 aromatic carbocycles. The molecule has 0 spiro atoms. The molecule has 3 heteroatoms. The second-order valence-corrected chi connectivity index (χ2v) is 5.89. The molecular weight excluding hydrogens is 256 g/mol. The predicted octanol–water partition coefficient (Wildman–Crippen LogP) is 3.99. The molecule has 0 amide bonds. The lowest BCUT2D eigenvalue weighted by atomic mass is 10.0. The van der Waals surface area contributed by atoms with Gasteiger partial charge in [-0.15, -0.1) is 0 Å². The van der Waals surface area contributed by atoms with Gasteiger partial charge in [0.15, 0.2) is 0 Å². The minimum Gasteiger partial charge on any atom is -0.329 e. The van der Waals surface area contributed by atoms with Crippen molar-refractivity contribution in [2.75, 3.05) is 13.1 Å². The number of rotatable bonds is 4. The number of hydrogen-bond acceptors (Lipinski definition) is 2. The Morgan fingerprint density at radius 3 is 2.63 bits per heavy atom. The zero-order valence-electron chi connectivity index (χ0n) is 11.8. The van der Waals surface area contributed by atoms with Crippen molar-refractivity contribution < 1.29 is 0 Å². The molecule has 1 saturated heterocycles. The summed E-state index contributed by atoms with van der Waals surface area (Å²) < 4.78 is 0. The molecule has 106 valence electrons. The highest BCUT2D eigenvalue weighted by molar-refractivity contribution is 6.30. The van der Waals surface area contributed by atoms with Crippen LogP contribution in [0, 0.1) is 0 Å². The third-order valence-corrected chi connectivity index (χ3v) is 4.52. The van der Waals surface area contributed by atoms with Gasteiger partial charge in [-0.05, 0) is 43.5 Å². The third-order valence-electron chi connectivity index (χ3n) is 4.27. The van der Waals surface area contributed by atoms with Crippen LogP contribution in [0.15, 0.2) is 24.3 Å². The van der Waals surface area contributed by atoms with E-state index in [9.17, 15) is 0 Å². The predicted molar refractivity (Wildman–Crippen MR) is 82.5 cm³/mol. The molecule has 1 aliphatic rings. The molecular formula is C16H25ClN2. The number of benzene rings is 1. The van der Waals surface area contributed by atoms with Gasteiger partial charge in [0, 0.05) is 23.7 Å². The average molecular weight is 281 g/mol. The van der Waals surface area contributed by atoms with E-state index in [-0.39, 0.29) is 0 Å². The largest absolute Gasteiger partial charge is 0.329 e. The number of likely N-dealkylation sites (tertiary alicyclic amines) is 1. The van der Waals surface area contributed by atoms with Crippen molar-refractivity contribution in [3.05, 3.63) is 34.9 Å². The second kappa shape index (κ2) is 7.28. The number of hydrogen-bond donors (Lipinski definition) is 1. The van der Waals surface area contributed by atoms with E-state index in [1.54, 1.807) is 0 Å². The zero-order chi connectivity index (χ0) is 13.7. The fourth-order valence-corrected chi connectivity index (χ4v) is 3.32. The number of nitrogens with two attached hydrogens (primary N) is 1. The van der Waals surface area contributed by atoms with Crippen molar-refractivity contribution in [1.82, 2.24) is 4.90 Å². The lowest BCUT2D eigenvalue weighted by molar-refractivity contribution is 0.136. The Bertz CT molecular complexity index is 377. The maximum absolute atomic E-state index is 6.07. The monoisotopic (exact) mass is 280 g/mol. The normalized spacial score (nSPS) is 23.0. The Kier molecular flexibility index (Phi) is 5.68. The molecule has 1 fully saturated rings. The van der Waals surface area contributed by atoms with E-state index >= 15 is 0 Å². The van der Waals surface area contributed by atoms with Gasteiger partial charge in [-0.1, -0.05) is 43.5 Å². The molecule has 0 aromatic heterocycles. The van der Waals surface area contributed by atoms with Gasteiger partial charge in [0.2, 0.25) is 0 Å². The van der Waals surface area contributed by atoms with E-state index in [1.807, 2.05) is 12.1 Å². The van der Waals surface area contributed by atoms with Crippen LogP contribution in [0.5, 0.6) is 0 Å². The van der Waals surface area contributed by atoms with Crippen LogP contribution in [0.1, 0.15) is 50.6 Å². The summed E-state index contributed by atoms with van der Waals surface area (Å²) in [7, 11) is 0. The summed E-state index contributed by atoms with van der Waals surface area (Å²) in [5, 5.41) is 0.794. The highest BCUT2D eigenvalue weighted by atomic mass is 35.5. The lowest BCUT2D eigenvalue weighted by Crippen LogP contribution is -2.41. The van der Waals surface area contributed by atoms with Gasteiger partial charge in [0.1, 0.15) is 0 Å². The van der Waals surface area contributed by atoms with Crippen molar-refractivity contribution in [2.45, 2.75) is 51.1 Å². The molecule has 2 N–H and O–H groups in total. The standard InChI is InChI=1S/C16H25ClN2/c1-2-15-6-4-3-5-11-19(15)16(12-18)13-7-9-14(17)10-8-13/h7-10,15-16H,2-6,11-12,18H2,1H3. The van der Waals surface area contributed by atoms with Crippen LogP contribution >= 0.6 is 11.6 Å². The van der Waals surface area contributed by atoms with E-state index in [0.29, 0.717) is 18.6 Å². The quantitative estimate of drug-likeness (QED) is 0.903. The van der Waals surface area contributed by atoms with E-state index < -0.39 is 0 Å². The Morgan fingerprint density at radius 2 is 2.00 bits per heavy atom. The average Bonchev–Trinajstić information content (AvgIpc) is 2.67. The molecule has 1 heterocycles. The molecule has 0 saturated carbocycles. The summed E-state index contributed by atoms with van der Waals surface area (Å²) in [4.78, 5) is 2.62. The molecule has 0 radical (unpaired) electrons. The van der Waals surface area contributed by atoms with E-state index in [2.05, 4.69) is 24.0 Å². The van der Waals surface area contributed by atoms with E-state index in [0.717, 1.165) is 5.02 Å². The minimum atomic E-state index is 0.334. The SMILES string of the molecule is CCC1CCCCCN1C(CN)c1ccc(Cl)cc1. The molecule has 1 aliphatic heterocycles. The van der Waals surface area contributed by atoms with Crippen molar-refractivity contribution in [1.29, 1.82) is 0 Å². The first-order valence-corrected chi connectivity index (χ1v) is 7.85. The summed E-state index contributed by atoms with van der Waals surface area (Å²) in [6, 6.07) is 9.19. The van der Waals surface area contributed by atoms with Gasteiger partial charge in [-0.3, -0.25) is 4.90 Å². The van der Waals surface area contributed by atoms with Gasteiger partial charge in [0.05, 0.1) is 0 Å². The molecule has 2 nitrogen and oxygen atoms in total. The second-order valence-electron chi connectivity index (χ2n) is 5.45. The first-order chi connectivity index (χ1) is 9.26. The summed E-state index contributed by atoms with van der Waals surface area (Å²) in [5.41, 5.74) is 7.37. The minimum absolute atomic E-state index is 0.334. The van der Waals surface area contributed by atoms with Gasteiger partial charge in [0.25, 0.3) is 0 Å². The van der Waals surface area contributed by atoms with Crippen LogP contribution in [0.2, 0.25) is 5.02 Å². The van der Waals surface area contributed by atoms with Gasteiger partial charge in [-0.2, -0.15) is 0 Å². The first-order valence-electron chi connectivity index (χ1n) is 7.47. The maximum Gasteiger partial charge on any atom is 0.0473 e. The van der Waals surface area contributed by atoms with Crippen LogP contribution in [0.25, 0.3) is 0 Å². The highest BCUT2D eigenvalue weighted by Crippen LogP contribution is 2.29. The van der Waals surface area contributed by atoms with Crippen molar-refractivity contribution in [2.24, 2.45) is 5.73 Å². The lowest BCUT2D eigenvalue weighted by Gasteiger charge is -2.36. The van der Waals surface area contributed by atoms with Crippen molar-refractivity contribution >= 4 is 11.6 Å². The van der Waals surface area contributed by atoms with Gasteiger partial charge in [-0.25, -0.2) is 0 Å².